The molecule has 0 aliphatic rings. The van der Waals surface area contributed by atoms with Crippen molar-refractivity contribution >= 4 is 21.6 Å². The number of halogens is 1. The lowest BCUT2D eigenvalue weighted by atomic mass is 10.1. The zero-order valence-electron chi connectivity index (χ0n) is 8.35. The summed E-state index contributed by atoms with van der Waals surface area (Å²) in [5, 5.41) is 0. The molecule has 0 saturated heterocycles. The van der Waals surface area contributed by atoms with Crippen LogP contribution >= 0.6 is 11.3 Å². The van der Waals surface area contributed by atoms with Crippen LogP contribution in [0.15, 0.2) is 48.0 Å². The number of thiazole rings is 1. The Bertz CT molecular complexity index is 645. The molecular formula is C13H8FNS. The second-order valence-electron chi connectivity index (χ2n) is 3.55. The van der Waals surface area contributed by atoms with Crippen molar-refractivity contribution in [2.75, 3.05) is 0 Å². The van der Waals surface area contributed by atoms with Gasteiger partial charge in [-0.1, -0.05) is 18.2 Å². The summed E-state index contributed by atoms with van der Waals surface area (Å²) in [4.78, 5) is 4.25. The lowest BCUT2D eigenvalue weighted by Crippen LogP contribution is -1.79. The molecule has 0 atom stereocenters. The molecule has 0 unspecified atom stereocenters. The third kappa shape index (κ3) is 1.59. The van der Waals surface area contributed by atoms with Crippen LogP contribution in [0, 0.1) is 5.82 Å². The van der Waals surface area contributed by atoms with E-state index in [-0.39, 0.29) is 5.82 Å². The van der Waals surface area contributed by atoms with Gasteiger partial charge in [-0.15, -0.1) is 11.3 Å². The highest BCUT2D eigenvalue weighted by Crippen LogP contribution is 2.26. The maximum Gasteiger partial charge on any atom is 0.123 e. The minimum absolute atomic E-state index is 0.212. The molecule has 0 spiro atoms. The zero-order chi connectivity index (χ0) is 11.0. The Kier molecular flexibility index (Phi) is 2.18. The van der Waals surface area contributed by atoms with E-state index in [0.29, 0.717) is 0 Å². The zero-order valence-corrected chi connectivity index (χ0v) is 9.17. The molecule has 0 fully saturated rings. The van der Waals surface area contributed by atoms with E-state index in [9.17, 15) is 4.39 Å². The molecule has 1 heterocycles. The van der Waals surface area contributed by atoms with Crippen LogP contribution < -0.4 is 0 Å². The molecule has 3 aromatic rings. The molecule has 1 aromatic heterocycles. The van der Waals surface area contributed by atoms with E-state index in [1.807, 2.05) is 29.8 Å². The van der Waals surface area contributed by atoms with Crippen molar-refractivity contribution in [1.29, 1.82) is 0 Å². The van der Waals surface area contributed by atoms with Crippen molar-refractivity contribution in [2.45, 2.75) is 0 Å². The molecule has 0 aliphatic carbocycles. The summed E-state index contributed by atoms with van der Waals surface area (Å²) in [7, 11) is 0. The smallest absolute Gasteiger partial charge is 0.123 e. The van der Waals surface area contributed by atoms with Gasteiger partial charge in [-0.3, -0.25) is 0 Å². The maximum atomic E-state index is 13.1. The monoisotopic (exact) mass is 229 g/mol. The number of hydrogen-bond acceptors (Lipinski definition) is 2. The Balaban J connectivity index is 2.18. The SMILES string of the molecule is Fc1cccc(-c2ccc3scnc3c2)c1. The number of rotatable bonds is 1. The Hall–Kier alpha value is -1.74. The van der Waals surface area contributed by atoms with Gasteiger partial charge in [-0.2, -0.15) is 0 Å². The molecule has 0 N–H and O–H groups in total. The minimum atomic E-state index is -0.212. The Labute approximate surface area is 96.2 Å². The number of hydrogen-bond donors (Lipinski definition) is 0. The van der Waals surface area contributed by atoms with Gasteiger partial charge in [0, 0.05) is 0 Å². The van der Waals surface area contributed by atoms with Crippen molar-refractivity contribution in [2.24, 2.45) is 0 Å². The van der Waals surface area contributed by atoms with Gasteiger partial charge < -0.3 is 0 Å². The van der Waals surface area contributed by atoms with Gasteiger partial charge in [0.25, 0.3) is 0 Å². The van der Waals surface area contributed by atoms with Crippen LogP contribution in [0.5, 0.6) is 0 Å². The van der Waals surface area contributed by atoms with Crippen LogP contribution in [-0.2, 0) is 0 Å². The molecule has 3 heteroatoms. The first-order chi connectivity index (χ1) is 7.83. The molecule has 0 amide bonds. The largest absolute Gasteiger partial charge is 0.245 e. The van der Waals surface area contributed by atoms with E-state index in [4.69, 9.17) is 0 Å². The van der Waals surface area contributed by atoms with E-state index < -0.39 is 0 Å². The second-order valence-corrected chi connectivity index (χ2v) is 4.43. The standard InChI is InChI=1S/C13H8FNS/c14-11-3-1-2-9(6-11)10-4-5-13-12(7-10)15-8-16-13/h1-8H. The van der Waals surface area contributed by atoms with Gasteiger partial charge in [0.05, 0.1) is 15.7 Å². The van der Waals surface area contributed by atoms with Crippen LogP contribution in [0.4, 0.5) is 4.39 Å². The fraction of sp³-hybridized carbons (Fsp3) is 0. The average molecular weight is 229 g/mol. The van der Waals surface area contributed by atoms with E-state index in [2.05, 4.69) is 4.98 Å². The molecule has 1 nitrogen and oxygen atoms in total. The number of benzene rings is 2. The fourth-order valence-electron chi connectivity index (χ4n) is 1.71. The van der Waals surface area contributed by atoms with E-state index >= 15 is 0 Å². The molecule has 3 rings (SSSR count). The van der Waals surface area contributed by atoms with Crippen LogP contribution in [0.3, 0.4) is 0 Å². The first-order valence-electron chi connectivity index (χ1n) is 4.92. The van der Waals surface area contributed by atoms with Gasteiger partial charge in [-0.05, 0) is 35.4 Å². The van der Waals surface area contributed by atoms with Crippen LogP contribution in [0.25, 0.3) is 21.3 Å². The predicted octanol–water partition coefficient (Wildman–Crippen LogP) is 4.10. The van der Waals surface area contributed by atoms with Crippen LogP contribution in [0.1, 0.15) is 0 Å². The Morgan fingerprint density at radius 3 is 2.75 bits per heavy atom. The fourth-order valence-corrected chi connectivity index (χ4v) is 2.36. The molecule has 0 bridgehead atoms. The predicted molar refractivity (Wildman–Crippen MR) is 65.0 cm³/mol. The molecule has 0 radical (unpaired) electrons. The van der Waals surface area contributed by atoms with E-state index in [0.717, 1.165) is 21.3 Å². The normalized spacial score (nSPS) is 10.8. The van der Waals surface area contributed by atoms with Gasteiger partial charge in [0.15, 0.2) is 0 Å². The minimum Gasteiger partial charge on any atom is -0.245 e. The Morgan fingerprint density at radius 1 is 1.00 bits per heavy atom. The average Bonchev–Trinajstić information content (AvgIpc) is 2.75. The number of nitrogens with zero attached hydrogens (tertiary/aromatic N) is 1. The lowest BCUT2D eigenvalue weighted by molar-refractivity contribution is 0.628. The summed E-state index contributed by atoms with van der Waals surface area (Å²) < 4.78 is 14.2. The highest BCUT2D eigenvalue weighted by atomic mass is 32.1. The summed E-state index contributed by atoms with van der Waals surface area (Å²) in [6.07, 6.45) is 0. The van der Waals surface area contributed by atoms with Crippen molar-refractivity contribution < 1.29 is 4.39 Å². The van der Waals surface area contributed by atoms with Crippen molar-refractivity contribution in [3.63, 3.8) is 0 Å². The van der Waals surface area contributed by atoms with Gasteiger partial charge in [0.2, 0.25) is 0 Å². The molecular weight excluding hydrogens is 221 g/mol. The van der Waals surface area contributed by atoms with Crippen molar-refractivity contribution in [3.05, 3.63) is 53.8 Å². The van der Waals surface area contributed by atoms with Gasteiger partial charge in [-0.25, -0.2) is 9.37 Å². The molecule has 16 heavy (non-hydrogen) atoms. The third-order valence-corrected chi connectivity index (χ3v) is 3.30. The maximum absolute atomic E-state index is 13.1. The van der Waals surface area contributed by atoms with E-state index in [1.165, 1.54) is 12.1 Å². The van der Waals surface area contributed by atoms with E-state index in [1.54, 1.807) is 17.4 Å². The summed E-state index contributed by atoms with van der Waals surface area (Å²) in [6, 6.07) is 12.6. The summed E-state index contributed by atoms with van der Waals surface area (Å²) in [6.45, 7) is 0. The topological polar surface area (TPSA) is 12.9 Å². The third-order valence-electron chi connectivity index (χ3n) is 2.49. The van der Waals surface area contributed by atoms with Crippen molar-refractivity contribution in [3.8, 4) is 11.1 Å². The Morgan fingerprint density at radius 2 is 1.88 bits per heavy atom. The molecule has 0 saturated carbocycles. The number of fused-ring (bicyclic) bond motifs is 1. The van der Waals surface area contributed by atoms with Crippen LogP contribution in [0.2, 0.25) is 0 Å². The first-order valence-corrected chi connectivity index (χ1v) is 5.80. The quantitative estimate of drug-likeness (QED) is 0.612. The summed E-state index contributed by atoms with van der Waals surface area (Å²) in [5.41, 5.74) is 4.67. The molecule has 0 aliphatic heterocycles. The summed E-state index contributed by atoms with van der Waals surface area (Å²) >= 11 is 1.61. The first kappa shape index (κ1) is 9.48. The molecule has 2 aromatic carbocycles. The van der Waals surface area contributed by atoms with Gasteiger partial charge in [0.1, 0.15) is 5.82 Å². The highest BCUT2D eigenvalue weighted by molar-refractivity contribution is 7.16. The lowest BCUT2D eigenvalue weighted by Gasteiger charge is -2.01. The van der Waals surface area contributed by atoms with Gasteiger partial charge >= 0.3 is 0 Å². The van der Waals surface area contributed by atoms with Crippen LogP contribution in [-0.4, -0.2) is 4.98 Å². The molecule has 78 valence electrons. The second kappa shape index (κ2) is 3.68. The van der Waals surface area contributed by atoms with Crippen molar-refractivity contribution in [1.82, 2.24) is 4.98 Å². The highest BCUT2D eigenvalue weighted by Gasteiger charge is 2.02. The number of aromatic nitrogens is 1. The summed E-state index contributed by atoms with van der Waals surface area (Å²) in [5.74, 6) is -0.212.